The van der Waals surface area contributed by atoms with Crippen molar-refractivity contribution in [3.8, 4) is 0 Å². The van der Waals surface area contributed by atoms with E-state index in [9.17, 15) is 34.5 Å². The lowest BCUT2D eigenvalue weighted by Crippen LogP contribution is -2.54. The number of aliphatic hydroxyl groups is 3. The molecule has 1 aromatic heterocycles. The Balaban J connectivity index is 1.54. The molecule has 0 aliphatic carbocycles. The maximum Gasteiger partial charge on any atom is 0.330 e. The van der Waals surface area contributed by atoms with Gasteiger partial charge in [0.2, 0.25) is 12.2 Å². The molecule has 0 spiro atoms. The molecule has 1 fully saturated rings. The van der Waals surface area contributed by atoms with E-state index in [0.29, 0.717) is 17.5 Å². The molecule has 7 N–H and O–H groups in total. The molecule has 4 rings (SSSR count). The van der Waals surface area contributed by atoms with E-state index < -0.39 is 78.0 Å². The van der Waals surface area contributed by atoms with Gasteiger partial charge in [-0.25, -0.2) is 4.79 Å². The number of amides is 2. The summed E-state index contributed by atoms with van der Waals surface area (Å²) in [5, 5.41) is 34.2. The number of aliphatic hydroxyl groups excluding tert-OH is 3. The van der Waals surface area contributed by atoms with Crippen LogP contribution in [0.2, 0.25) is 0 Å². The van der Waals surface area contributed by atoms with Crippen LogP contribution in [0.5, 0.6) is 0 Å². The third kappa shape index (κ3) is 5.61. The fourth-order valence-electron chi connectivity index (χ4n) is 3.96. The van der Waals surface area contributed by atoms with Gasteiger partial charge < -0.3 is 40.0 Å². The minimum atomic E-state index is -1.77. The number of hydrogen-bond acceptors (Lipinski definition) is 13. The molecule has 16 nitrogen and oxygen atoms in total. The number of ether oxygens (including phenoxy) is 4. The van der Waals surface area contributed by atoms with Gasteiger partial charge in [0, 0.05) is 25.1 Å². The monoisotopic (exact) mass is 543 g/mol. The summed E-state index contributed by atoms with van der Waals surface area (Å²) in [7, 11) is 1.20. The van der Waals surface area contributed by atoms with Gasteiger partial charge in [0.05, 0.1) is 6.54 Å². The zero-order valence-corrected chi connectivity index (χ0v) is 20.1. The first-order chi connectivity index (χ1) is 17.6. The number of carbonyl (C=O) groups is 2. The van der Waals surface area contributed by atoms with Crippen molar-refractivity contribution >= 4 is 28.7 Å². The summed E-state index contributed by atoms with van der Waals surface area (Å²) >= 11 is 1.30. The number of aromatic nitrogens is 2. The molecule has 17 heteroatoms. The lowest BCUT2D eigenvalue weighted by molar-refractivity contribution is -0.241. The fraction of sp³-hybridized carbons (Fsp3) is 0.550. The molecular weight excluding hydrogens is 518 g/mol. The van der Waals surface area contributed by atoms with Gasteiger partial charge in [0.15, 0.2) is 23.3 Å². The van der Waals surface area contributed by atoms with E-state index in [1.54, 1.807) is 0 Å². The van der Waals surface area contributed by atoms with Crippen LogP contribution in [0.4, 0.5) is 0 Å². The Kier molecular flexibility index (Phi) is 8.12. The molecule has 1 saturated heterocycles. The molecule has 0 unspecified atom stereocenters. The number of rotatable bonds is 7. The highest BCUT2D eigenvalue weighted by Crippen LogP contribution is 2.34. The van der Waals surface area contributed by atoms with Crippen molar-refractivity contribution in [2.75, 3.05) is 19.4 Å². The highest BCUT2D eigenvalue weighted by Gasteiger charge is 2.52. The predicted octanol–water partition coefficient (Wildman–Crippen LogP) is -4.14. The minimum absolute atomic E-state index is 0.349. The Bertz CT molecular complexity index is 1220. The lowest BCUT2D eigenvalue weighted by Gasteiger charge is -2.35. The van der Waals surface area contributed by atoms with Gasteiger partial charge in [-0.15, -0.1) is 0 Å². The molecule has 3 aliphatic rings. The van der Waals surface area contributed by atoms with E-state index in [1.807, 2.05) is 4.98 Å². The third-order valence-electron chi connectivity index (χ3n) is 5.73. The first-order valence-electron chi connectivity index (χ1n) is 11.0. The normalized spacial score (nSPS) is 32.3. The van der Waals surface area contributed by atoms with Crippen molar-refractivity contribution in [2.24, 2.45) is 10.7 Å². The summed E-state index contributed by atoms with van der Waals surface area (Å²) in [5.74, 6) is -1.63. The summed E-state index contributed by atoms with van der Waals surface area (Å²) < 4.78 is 22.8. The van der Waals surface area contributed by atoms with Crippen molar-refractivity contribution in [3.05, 3.63) is 44.9 Å². The van der Waals surface area contributed by atoms with E-state index in [1.165, 1.54) is 18.9 Å². The number of nitrogens with two attached hydrogens (primary N) is 1. The molecule has 0 radical (unpaired) electrons. The van der Waals surface area contributed by atoms with Crippen LogP contribution < -0.4 is 22.3 Å². The Labute approximate surface area is 212 Å². The van der Waals surface area contributed by atoms with Crippen LogP contribution in [-0.2, 0) is 28.5 Å². The number of aromatic amines is 1. The number of aliphatic imine (C=N–C) groups is 1. The summed E-state index contributed by atoms with van der Waals surface area (Å²) in [4.78, 5) is 54.6. The van der Waals surface area contributed by atoms with Crippen LogP contribution in [0.15, 0.2) is 38.7 Å². The minimum Gasteiger partial charge on any atom is -0.456 e. The standard InChI is InChI=1S/C20H25N5O11S/c1-33-12-11(29)17(25-4-2-9(27)23-20(25)32)35-13(12)14(15(21)30)36-18-10(28)7(26)6-8(34-18)16(31)24-19-22-3-5-37-19/h2,4,6-7,10-14,17-18,26,28-29H,3,5H2,1H3,(H2,21,30)(H,22,24,31)(H,23,27,32)/t7-,10-,11+,12-,13-,14+,17+,18+/m0/s1. The lowest BCUT2D eigenvalue weighted by atomic mass is 10.0. The van der Waals surface area contributed by atoms with Crippen LogP contribution >= 0.6 is 11.8 Å². The van der Waals surface area contributed by atoms with Crippen LogP contribution in [0.1, 0.15) is 6.23 Å². The van der Waals surface area contributed by atoms with Gasteiger partial charge in [-0.2, -0.15) is 0 Å². The second kappa shape index (κ2) is 11.1. The average Bonchev–Trinajstić information content (AvgIpc) is 3.47. The SMILES string of the molecule is CO[C@H]1[C@@H](O)[C@H](n2ccc(=O)[nH]c2=O)O[C@@H]1[C@@H](O[C@H]1OC(C(=O)NC2=NCCS2)=C[C@H](O)[C@@H]1O)C(N)=O. The maximum atomic E-state index is 12.6. The number of hydrogen-bond donors (Lipinski definition) is 6. The third-order valence-corrected chi connectivity index (χ3v) is 6.62. The van der Waals surface area contributed by atoms with E-state index in [4.69, 9.17) is 24.7 Å². The number of H-pyrrole nitrogens is 1. The predicted molar refractivity (Wildman–Crippen MR) is 124 cm³/mol. The molecular formula is C20H25N5O11S. The van der Waals surface area contributed by atoms with Gasteiger partial charge in [0.25, 0.3) is 11.5 Å². The van der Waals surface area contributed by atoms with Crippen LogP contribution in [0, 0.1) is 0 Å². The highest BCUT2D eigenvalue weighted by molar-refractivity contribution is 8.14. The van der Waals surface area contributed by atoms with Crippen molar-refractivity contribution in [2.45, 2.75) is 49.1 Å². The molecule has 0 saturated carbocycles. The molecule has 37 heavy (non-hydrogen) atoms. The van der Waals surface area contributed by atoms with E-state index in [-0.39, 0.29) is 0 Å². The van der Waals surface area contributed by atoms with Crippen LogP contribution in [0.3, 0.4) is 0 Å². The summed E-state index contributed by atoms with van der Waals surface area (Å²) in [5.41, 5.74) is 3.92. The quantitative estimate of drug-likeness (QED) is 0.192. The van der Waals surface area contributed by atoms with Crippen molar-refractivity contribution in [1.29, 1.82) is 0 Å². The van der Waals surface area contributed by atoms with Gasteiger partial charge in [-0.1, -0.05) is 11.8 Å². The van der Waals surface area contributed by atoms with Gasteiger partial charge in [0.1, 0.15) is 30.5 Å². The smallest absolute Gasteiger partial charge is 0.330 e. The molecule has 1 aromatic rings. The van der Waals surface area contributed by atoms with E-state index in [2.05, 4.69) is 10.3 Å². The molecule has 0 aromatic carbocycles. The Hall–Kier alpha value is -3.06. The number of amidine groups is 1. The molecule has 8 atom stereocenters. The van der Waals surface area contributed by atoms with Crippen molar-refractivity contribution < 1.29 is 43.9 Å². The average molecular weight is 544 g/mol. The highest BCUT2D eigenvalue weighted by atomic mass is 32.2. The second-order valence-electron chi connectivity index (χ2n) is 8.15. The molecule has 4 heterocycles. The van der Waals surface area contributed by atoms with E-state index in [0.717, 1.165) is 22.9 Å². The van der Waals surface area contributed by atoms with Gasteiger partial charge in [-0.05, 0) is 6.08 Å². The first kappa shape index (κ1) is 27.0. The second-order valence-corrected chi connectivity index (χ2v) is 9.23. The molecule has 202 valence electrons. The fourth-order valence-corrected chi connectivity index (χ4v) is 4.68. The molecule has 3 aliphatic heterocycles. The number of thioether (sulfide) groups is 1. The molecule has 0 bridgehead atoms. The van der Waals surface area contributed by atoms with Gasteiger partial charge in [-0.3, -0.25) is 34.2 Å². The topological polar surface area (TPSA) is 237 Å². The van der Waals surface area contributed by atoms with Crippen molar-refractivity contribution in [1.82, 2.24) is 14.9 Å². The maximum absolute atomic E-state index is 12.6. The number of primary amides is 1. The number of carbonyl (C=O) groups excluding carboxylic acids is 2. The summed E-state index contributed by atoms with van der Waals surface area (Å²) in [6.07, 6.45) is -10.5. The van der Waals surface area contributed by atoms with Crippen LogP contribution in [0.25, 0.3) is 0 Å². The van der Waals surface area contributed by atoms with E-state index >= 15 is 0 Å². The summed E-state index contributed by atoms with van der Waals surface area (Å²) in [6.45, 7) is 0.521. The Morgan fingerprint density at radius 3 is 2.70 bits per heavy atom. The van der Waals surface area contributed by atoms with Crippen molar-refractivity contribution in [3.63, 3.8) is 0 Å². The van der Waals surface area contributed by atoms with Crippen LogP contribution in [-0.4, -0.2) is 104 Å². The Morgan fingerprint density at radius 2 is 2.08 bits per heavy atom. The first-order valence-corrected chi connectivity index (χ1v) is 11.9. The zero-order chi connectivity index (χ0) is 26.9. The summed E-state index contributed by atoms with van der Waals surface area (Å²) in [6, 6.07) is 1.02. The number of methoxy groups -OCH3 is 1. The number of nitrogens with zero attached hydrogens (tertiary/aromatic N) is 2. The Morgan fingerprint density at radius 1 is 1.32 bits per heavy atom. The van der Waals surface area contributed by atoms with Gasteiger partial charge >= 0.3 is 5.69 Å². The zero-order valence-electron chi connectivity index (χ0n) is 19.3. The number of nitrogens with one attached hydrogen (secondary N) is 2. The molecule has 2 amide bonds. The largest absolute Gasteiger partial charge is 0.456 e.